The highest BCUT2D eigenvalue weighted by Crippen LogP contribution is 2.36. The number of alkyl halides is 2. The number of carboxylic acid groups (broad SMARTS) is 1. The average Bonchev–Trinajstić information content (AvgIpc) is 3.67. The highest BCUT2D eigenvalue weighted by molar-refractivity contribution is 6.05. The number of H-pyrrole nitrogens is 1. The Morgan fingerprint density at radius 2 is 1.91 bits per heavy atom. The first-order chi connectivity index (χ1) is 21.3. The van der Waals surface area contributed by atoms with E-state index < -0.39 is 12.2 Å². The standard InChI is InChI=1S/C15H13F2N3O.C15H18N2O3.CH2O2/c16-13(17)14-18-11-9-5-1-2-6-10(9)21-12(11)15(19-14)20-7-3-4-8-20;1-3-4-12-7-13(14(18)16-8-12)17-5-6-20-15(11(17)2)9-19-10-15;2-1-3/h1-2,5-6,13H,3-4,7-8H2;7-8,11H,5-6,9-10H2,1-2H3,(H,16,18);1H,(H,2,3). The number of nitrogens with one attached hydrogen (secondary N) is 1. The molecule has 0 amide bonds. The van der Waals surface area contributed by atoms with Crippen LogP contribution in [-0.4, -0.2) is 77.6 Å². The van der Waals surface area contributed by atoms with Gasteiger partial charge >= 0.3 is 0 Å². The summed E-state index contributed by atoms with van der Waals surface area (Å²) in [6.07, 6.45) is 1.03. The molecule has 13 heteroatoms. The van der Waals surface area contributed by atoms with Crippen LogP contribution in [0.1, 0.15) is 44.5 Å². The molecule has 4 aromatic rings. The molecule has 3 aromatic heterocycles. The fraction of sp³-hybridized carbons (Fsp3) is 0.419. The first-order valence-corrected chi connectivity index (χ1v) is 14.3. The molecular weight excluding hydrogens is 576 g/mol. The van der Waals surface area contributed by atoms with Gasteiger partial charge in [-0.1, -0.05) is 18.1 Å². The lowest BCUT2D eigenvalue weighted by Crippen LogP contribution is -2.68. The summed E-state index contributed by atoms with van der Waals surface area (Å²) in [5.41, 5.74) is 2.74. The third-order valence-corrected chi connectivity index (χ3v) is 7.93. The lowest BCUT2D eigenvalue weighted by atomic mass is 9.90. The van der Waals surface area contributed by atoms with Gasteiger partial charge in [0.25, 0.3) is 18.5 Å². The summed E-state index contributed by atoms with van der Waals surface area (Å²) in [6.45, 7) is 7.74. The van der Waals surface area contributed by atoms with Gasteiger partial charge in [0.1, 0.15) is 22.4 Å². The number of carbonyl (C=O) groups is 1. The molecule has 1 atom stereocenters. The van der Waals surface area contributed by atoms with Crippen LogP contribution in [0.4, 0.5) is 20.3 Å². The molecule has 6 heterocycles. The highest BCUT2D eigenvalue weighted by atomic mass is 19.3. The predicted molar refractivity (Wildman–Crippen MR) is 160 cm³/mol. The molecule has 3 saturated heterocycles. The molecule has 3 aliphatic heterocycles. The number of morpholine rings is 1. The number of furan rings is 1. The van der Waals surface area contributed by atoms with Gasteiger partial charge in [0.15, 0.2) is 17.2 Å². The number of aromatic amines is 1. The minimum atomic E-state index is -2.69. The molecule has 232 valence electrons. The Morgan fingerprint density at radius 1 is 1.18 bits per heavy atom. The van der Waals surface area contributed by atoms with Gasteiger partial charge < -0.3 is 33.8 Å². The Labute approximate surface area is 251 Å². The molecule has 1 spiro atoms. The second-order valence-corrected chi connectivity index (χ2v) is 10.5. The van der Waals surface area contributed by atoms with Gasteiger partial charge in [-0.15, -0.1) is 5.92 Å². The number of anilines is 2. The predicted octanol–water partition coefficient (Wildman–Crippen LogP) is 4.36. The number of para-hydroxylation sites is 1. The summed E-state index contributed by atoms with van der Waals surface area (Å²) in [4.78, 5) is 35.4. The van der Waals surface area contributed by atoms with E-state index in [0.29, 0.717) is 54.6 Å². The second-order valence-electron chi connectivity index (χ2n) is 10.5. The van der Waals surface area contributed by atoms with Crippen LogP contribution in [0.15, 0.2) is 45.7 Å². The Morgan fingerprint density at radius 3 is 2.57 bits per heavy atom. The van der Waals surface area contributed by atoms with Gasteiger partial charge in [0.05, 0.1) is 25.9 Å². The van der Waals surface area contributed by atoms with Crippen molar-refractivity contribution in [3.8, 4) is 11.8 Å². The minimum Gasteiger partial charge on any atom is -0.483 e. The lowest BCUT2D eigenvalue weighted by molar-refractivity contribution is -0.228. The third kappa shape index (κ3) is 6.09. The molecule has 11 nitrogen and oxygen atoms in total. The number of hydrogen-bond acceptors (Lipinski definition) is 9. The number of halogens is 2. The van der Waals surface area contributed by atoms with Crippen molar-refractivity contribution in [2.45, 2.75) is 44.8 Å². The number of benzene rings is 1. The van der Waals surface area contributed by atoms with E-state index in [1.165, 1.54) is 0 Å². The topological polar surface area (TPSA) is 134 Å². The molecule has 2 N–H and O–H groups in total. The van der Waals surface area contributed by atoms with Gasteiger partial charge in [-0.2, -0.15) is 0 Å². The molecule has 44 heavy (non-hydrogen) atoms. The van der Waals surface area contributed by atoms with Gasteiger partial charge in [0.2, 0.25) is 0 Å². The zero-order valence-corrected chi connectivity index (χ0v) is 24.4. The normalized spacial score (nSPS) is 18.6. The van der Waals surface area contributed by atoms with Crippen LogP contribution in [-0.2, 0) is 14.3 Å². The Bertz CT molecular complexity index is 1740. The largest absolute Gasteiger partial charge is 0.483 e. The maximum atomic E-state index is 13.1. The van der Waals surface area contributed by atoms with E-state index in [4.69, 9.17) is 23.8 Å². The minimum absolute atomic E-state index is 0.0872. The summed E-state index contributed by atoms with van der Waals surface area (Å²) in [7, 11) is 0. The number of nitrogens with zero attached hydrogens (tertiary/aromatic N) is 4. The van der Waals surface area contributed by atoms with Crippen LogP contribution in [0.25, 0.3) is 22.1 Å². The zero-order valence-electron chi connectivity index (χ0n) is 24.4. The van der Waals surface area contributed by atoms with Crippen LogP contribution in [0.5, 0.6) is 0 Å². The molecule has 1 aromatic carbocycles. The van der Waals surface area contributed by atoms with Crippen molar-refractivity contribution in [2.24, 2.45) is 0 Å². The second kappa shape index (κ2) is 13.4. The molecule has 0 saturated carbocycles. The van der Waals surface area contributed by atoms with E-state index >= 15 is 0 Å². The zero-order chi connectivity index (χ0) is 31.3. The Hall–Kier alpha value is -4.54. The van der Waals surface area contributed by atoms with Crippen molar-refractivity contribution >= 4 is 40.0 Å². The average molecular weight is 610 g/mol. The molecule has 3 fully saturated rings. The van der Waals surface area contributed by atoms with Crippen molar-refractivity contribution < 1.29 is 32.6 Å². The SMILES string of the molecule is CC#Cc1c[nH]c(=O)c(N2CCOC3(COC3)C2C)c1.FC(F)c1nc(N2CCCC2)c2oc3ccccc3c2n1.O=CO. The van der Waals surface area contributed by atoms with Gasteiger partial charge in [-0.25, -0.2) is 18.7 Å². The number of rotatable bonds is 3. The number of pyridine rings is 1. The monoisotopic (exact) mass is 609 g/mol. The van der Waals surface area contributed by atoms with Gasteiger partial charge in [-0.05, 0) is 44.9 Å². The van der Waals surface area contributed by atoms with E-state index in [9.17, 15) is 13.6 Å². The number of aromatic nitrogens is 3. The molecule has 0 radical (unpaired) electrons. The fourth-order valence-electron chi connectivity index (χ4n) is 5.64. The summed E-state index contributed by atoms with van der Waals surface area (Å²) >= 11 is 0. The van der Waals surface area contributed by atoms with Crippen molar-refractivity contribution in [3.63, 3.8) is 0 Å². The first-order valence-electron chi connectivity index (χ1n) is 14.3. The van der Waals surface area contributed by atoms with Crippen LogP contribution in [0, 0.1) is 11.8 Å². The summed E-state index contributed by atoms with van der Waals surface area (Å²) < 4.78 is 43.2. The van der Waals surface area contributed by atoms with Crippen LogP contribution < -0.4 is 15.4 Å². The quantitative estimate of drug-likeness (QED) is 0.255. The van der Waals surface area contributed by atoms with E-state index in [-0.39, 0.29) is 23.7 Å². The van der Waals surface area contributed by atoms with Gasteiger partial charge in [-0.3, -0.25) is 9.59 Å². The first kappa shape index (κ1) is 30.9. The van der Waals surface area contributed by atoms with Crippen molar-refractivity contribution in [2.75, 3.05) is 49.3 Å². The summed E-state index contributed by atoms with van der Waals surface area (Å²) in [5.74, 6) is 5.88. The molecule has 0 bridgehead atoms. The van der Waals surface area contributed by atoms with E-state index in [1.807, 2.05) is 35.2 Å². The number of ether oxygens (including phenoxy) is 2. The fourth-order valence-corrected chi connectivity index (χ4v) is 5.64. The molecular formula is C31H33F2N5O6. The van der Waals surface area contributed by atoms with Crippen LogP contribution in [0.3, 0.4) is 0 Å². The number of hydrogen-bond donors (Lipinski definition) is 2. The maximum absolute atomic E-state index is 13.1. The smallest absolute Gasteiger partial charge is 0.297 e. The summed E-state index contributed by atoms with van der Waals surface area (Å²) in [6, 6.07) is 9.29. The van der Waals surface area contributed by atoms with Crippen LogP contribution in [0.2, 0.25) is 0 Å². The van der Waals surface area contributed by atoms with Crippen molar-refractivity contribution in [3.05, 3.63) is 58.3 Å². The van der Waals surface area contributed by atoms with E-state index in [2.05, 4.69) is 38.6 Å². The van der Waals surface area contributed by atoms with E-state index in [0.717, 1.165) is 36.9 Å². The summed E-state index contributed by atoms with van der Waals surface area (Å²) in [5, 5.41) is 7.64. The molecule has 3 aliphatic rings. The van der Waals surface area contributed by atoms with Crippen LogP contribution >= 0.6 is 0 Å². The Balaban J connectivity index is 0.000000161. The Kier molecular flexibility index (Phi) is 9.41. The van der Waals surface area contributed by atoms with Gasteiger partial charge in [0, 0.05) is 36.8 Å². The maximum Gasteiger partial charge on any atom is 0.297 e. The van der Waals surface area contributed by atoms with E-state index in [1.54, 1.807) is 13.1 Å². The molecule has 1 unspecified atom stereocenters. The number of fused-ring (bicyclic) bond motifs is 3. The van der Waals surface area contributed by atoms with Crippen molar-refractivity contribution in [1.29, 1.82) is 0 Å². The third-order valence-electron chi connectivity index (χ3n) is 7.93. The van der Waals surface area contributed by atoms with Crippen molar-refractivity contribution in [1.82, 2.24) is 15.0 Å². The molecule has 0 aliphatic carbocycles. The highest BCUT2D eigenvalue weighted by Gasteiger charge is 2.50. The lowest BCUT2D eigenvalue weighted by Gasteiger charge is -2.53. The molecule has 7 rings (SSSR count).